The van der Waals surface area contributed by atoms with E-state index in [-0.39, 0.29) is 4.90 Å². The molecule has 0 saturated carbocycles. The highest BCUT2D eigenvalue weighted by Gasteiger charge is 2.28. The van der Waals surface area contributed by atoms with Crippen molar-refractivity contribution < 1.29 is 13.2 Å². The van der Waals surface area contributed by atoms with E-state index >= 15 is 0 Å². The topological polar surface area (TPSA) is 71.7 Å². The summed E-state index contributed by atoms with van der Waals surface area (Å²) in [4.78, 5) is 18.1. The molecule has 0 N–H and O–H groups in total. The monoisotopic (exact) mass is 483 g/mol. The molecule has 33 heavy (non-hydrogen) atoms. The second-order valence-electron chi connectivity index (χ2n) is 8.74. The second kappa shape index (κ2) is 9.37. The Morgan fingerprint density at radius 1 is 1.21 bits per heavy atom. The van der Waals surface area contributed by atoms with Crippen molar-refractivity contribution in [1.29, 1.82) is 0 Å². The molecule has 0 radical (unpaired) electrons. The molecule has 2 heterocycles. The predicted octanol–water partition coefficient (Wildman–Crippen LogP) is 4.67. The molecule has 3 aromatic rings. The van der Waals surface area contributed by atoms with Crippen LogP contribution in [0.5, 0.6) is 0 Å². The molecule has 0 bridgehead atoms. The summed E-state index contributed by atoms with van der Waals surface area (Å²) >= 11 is 1.46. The molecule has 2 aromatic carbocycles. The summed E-state index contributed by atoms with van der Waals surface area (Å²) in [5.41, 5.74) is 3.74. The summed E-state index contributed by atoms with van der Waals surface area (Å²) < 4.78 is 30.5. The molecule has 1 amide bonds. The van der Waals surface area contributed by atoms with Crippen LogP contribution < -0.4 is 4.80 Å². The van der Waals surface area contributed by atoms with E-state index in [9.17, 15) is 13.2 Å². The van der Waals surface area contributed by atoms with Crippen molar-refractivity contribution >= 4 is 37.5 Å². The van der Waals surface area contributed by atoms with Crippen LogP contribution in [0.1, 0.15) is 41.3 Å². The molecular formula is C25H29N3O3S2. The Kier molecular flexibility index (Phi) is 6.70. The average Bonchev–Trinajstić information content (AvgIpc) is 3.10. The van der Waals surface area contributed by atoms with Crippen molar-refractivity contribution in [2.75, 3.05) is 13.1 Å². The third kappa shape index (κ3) is 4.74. The Bertz CT molecular complexity index is 1380. The molecule has 6 nitrogen and oxygen atoms in total. The van der Waals surface area contributed by atoms with Gasteiger partial charge in [0, 0.05) is 25.2 Å². The summed E-state index contributed by atoms with van der Waals surface area (Å²) in [5, 5.41) is 0. The van der Waals surface area contributed by atoms with Crippen LogP contribution in [0.3, 0.4) is 0 Å². The molecule has 1 fully saturated rings. The Labute approximate surface area is 199 Å². The van der Waals surface area contributed by atoms with Gasteiger partial charge in [-0.05, 0) is 80.1 Å². The number of allylic oxidation sites excluding steroid dienone is 1. The Morgan fingerprint density at radius 2 is 1.91 bits per heavy atom. The predicted molar refractivity (Wildman–Crippen MR) is 133 cm³/mol. The number of carbonyl (C=O) groups excluding carboxylic acids is 1. The van der Waals surface area contributed by atoms with Crippen LogP contribution in [-0.4, -0.2) is 36.3 Å². The van der Waals surface area contributed by atoms with Gasteiger partial charge in [-0.3, -0.25) is 4.79 Å². The minimum Gasteiger partial charge on any atom is -0.312 e. The van der Waals surface area contributed by atoms with Gasteiger partial charge in [-0.1, -0.05) is 24.3 Å². The number of fused-ring (bicyclic) bond motifs is 1. The molecule has 1 unspecified atom stereocenters. The van der Waals surface area contributed by atoms with Crippen molar-refractivity contribution in [2.24, 2.45) is 10.9 Å². The number of thiazole rings is 1. The molecule has 8 heteroatoms. The van der Waals surface area contributed by atoms with Crippen LogP contribution in [0.4, 0.5) is 0 Å². The molecule has 1 aliphatic rings. The van der Waals surface area contributed by atoms with Crippen LogP contribution in [0.25, 0.3) is 10.2 Å². The first-order chi connectivity index (χ1) is 15.7. The lowest BCUT2D eigenvalue weighted by Gasteiger charge is -2.30. The quantitative estimate of drug-likeness (QED) is 0.495. The Hall–Kier alpha value is -2.55. The van der Waals surface area contributed by atoms with E-state index in [0.717, 1.165) is 23.1 Å². The minimum absolute atomic E-state index is 0.211. The molecular weight excluding hydrogens is 454 g/mol. The van der Waals surface area contributed by atoms with Gasteiger partial charge in [-0.15, -0.1) is 6.58 Å². The third-order valence-corrected chi connectivity index (χ3v) is 9.09. The standard InChI is InChI=1S/C25H29N3O3S2/c1-5-12-28-22-14-18(3)19(4)15-23(22)32-25(28)26-24(29)20-8-10-21(11-9-20)33(30,31)27-13-6-7-17(2)16-27/h5,8-11,14-15,17H,1,6-7,12-13,16H2,2-4H3. The summed E-state index contributed by atoms with van der Waals surface area (Å²) in [6, 6.07) is 10.3. The maximum Gasteiger partial charge on any atom is 0.279 e. The minimum atomic E-state index is -3.56. The van der Waals surface area contributed by atoms with Crippen molar-refractivity contribution in [2.45, 2.75) is 45.1 Å². The smallest absolute Gasteiger partial charge is 0.279 e. The van der Waals surface area contributed by atoms with Crippen molar-refractivity contribution in [3.63, 3.8) is 0 Å². The summed E-state index contributed by atoms with van der Waals surface area (Å²) in [6.45, 7) is 11.6. The SMILES string of the molecule is C=CCn1c(=NC(=O)c2ccc(S(=O)(=O)N3CCCC(C)C3)cc2)sc2cc(C)c(C)cc21. The Morgan fingerprint density at radius 3 is 2.58 bits per heavy atom. The number of sulfonamides is 1. The van der Waals surface area contributed by atoms with E-state index in [2.05, 4.69) is 44.5 Å². The molecule has 0 aliphatic carbocycles. The number of benzene rings is 2. The number of aromatic nitrogens is 1. The largest absolute Gasteiger partial charge is 0.312 e. The first-order valence-corrected chi connectivity index (χ1v) is 13.4. The maximum absolute atomic E-state index is 13.0. The van der Waals surface area contributed by atoms with E-state index in [1.807, 2.05) is 4.57 Å². The van der Waals surface area contributed by atoms with Gasteiger partial charge in [0.15, 0.2) is 4.80 Å². The molecule has 4 rings (SSSR count). The van der Waals surface area contributed by atoms with Crippen LogP contribution in [0.15, 0.2) is 58.9 Å². The van der Waals surface area contributed by atoms with Crippen LogP contribution in [-0.2, 0) is 16.6 Å². The van der Waals surface area contributed by atoms with Crippen molar-refractivity contribution in [3.8, 4) is 0 Å². The van der Waals surface area contributed by atoms with Gasteiger partial charge in [0.05, 0.1) is 15.1 Å². The lowest BCUT2D eigenvalue weighted by molar-refractivity contribution is 0.0997. The fourth-order valence-corrected chi connectivity index (χ4v) is 6.86. The van der Waals surface area contributed by atoms with Crippen LogP contribution in [0.2, 0.25) is 0 Å². The molecule has 1 atom stereocenters. The first-order valence-electron chi connectivity index (χ1n) is 11.1. The zero-order valence-electron chi connectivity index (χ0n) is 19.2. The maximum atomic E-state index is 13.0. The number of piperidine rings is 1. The summed E-state index contributed by atoms with van der Waals surface area (Å²) in [6.07, 6.45) is 3.70. The number of hydrogen-bond donors (Lipinski definition) is 0. The molecule has 0 spiro atoms. The van der Waals surface area contributed by atoms with E-state index in [0.29, 0.717) is 35.9 Å². The number of rotatable bonds is 5. The third-order valence-electron chi connectivity index (χ3n) is 6.17. The number of hydrogen-bond acceptors (Lipinski definition) is 4. The summed E-state index contributed by atoms with van der Waals surface area (Å²) in [7, 11) is -3.56. The van der Waals surface area contributed by atoms with Gasteiger partial charge < -0.3 is 4.57 Å². The zero-order valence-corrected chi connectivity index (χ0v) is 20.9. The first kappa shape index (κ1) is 23.6. The molecule has 174 valence electrons. The van der Waals surface area contributed by atoms with Gasteiger partial charge in [0.1, 0.15) is 0 Å². The van der Waals surface area contributed by atoms with Crippen molar-refractivity contribution in [3.05, 3.63) is 70.5 Å². The highest BCUT2D eigenvalue weighted by molar-refractivity contribution is 7.89. The number of aryl methyl sites for hydroxylation is 2. The Balaban J connectivity index is 1.66. The van der Waals surface area contributed by atoms with E-state index in [4.69, 9.17) is 0 Å². The zero-order chi connectivity index (χ0) is 23.8. The lowest BCUT2D eigenvalue weighted by Crippen LogP contribution is -2.39. The second-order valence-corrected chi connectivity index (χ2v) is 11.7. The lowest BCUT2D eigenvalue weighted by atomic mass is 10.0. The molecule has 1 saturated heterocycles. The normalized spacial score (nSPS) is 18.0. The van der Waals surface area contributed by atoms with Crippen LogP contribution >= 0.6 is 11.3 Å². The fraction of sp³-hybridized carbons (Fsp3) is 0.360. The van der Waals surface area contributed by atoms with E-state index < -0.39 is 15.9 Å². The van der Waals surface area contributed by atoms with Gasteiger partial charge in [-0.2, -0.15) is 9.30 Å². The van der Waals surface area contributed by atoms with Crippen LogP contribution in [0, 0.1) is 19.8 Å². The van der Waals surface area contributed by atoms with E-state index in [1.54, 1.807) is 22.5 Å². The fourth-order valence-electron chi connectivity index (χ4n) is 4.15. The van der Waals surface area contributed by atoms with Gasteiger partial charge in [0.2, 0.25) is 10.0 Å². The van der Waals surface area contributed by atoms with Gasteiger partial charge in [-0.25, -0.2) is 8.42 Å². The average molecular weight is 484 g/mol. The van der Waals surface area contributed by atoms with E-state index in [1.165, 1.54) is 34.6 Å². The number of amides is 1. The summed E-state index contributed by atoms with van der Waals surface area (Å²) in [5.74, 6) is -0.0484. The van der Waals surface area contributed by atoms with Crippen molar-refractivity contribution in [1.82, 2.24) is 8.87 Å². The molecule has 1 aromatic heterocycles. The number of nitrogens with zero attached hydrogens (tertiary/aromatic N) is 3. The van der Waals surface area contributed by atoms with Gasteiger partial charge in [0.25, 0.3) is 5.91 Å². The highest BCUT2D eigenvalue weighted by Crippen LogP contribution is 2.24. The van der Waals surface area contributed by atoms with Gasteiger partial charge >= 0.3 is 0 Å². The highest BCUT2D eigenvalue weighted by atomic mass is 32.2. The molecule has 1 aliphatic heterocycles. The number of carbonyl (C=O) groups is 1.